The molecule has 7 heteroatoms. The van der Waals surface area contributed by atoms with Crippen LogP contribution in [0.1, 0.15) is 36.1 Å². The molecule has 4 rings (SSSR count). The molecule has 6 nitrogen and oxygen atoms in total. The number of likely N-dealkylation sites (tertiary alicyclic amines) is 1. The molecule has 3 heterocycles. The third-order valence-electron chi connectivity index (χ3n) is 4.91. The molecule has 1 saturated heterocycles. The quantitative estimate of drug-likeness (QED) is 0.692. The minimum absolute atomic E-state index is 0.408. The Kier molecular flexibility index (Phi) is 5.04. The number of halogens is 1. The highest BCUT2D eigenvalue weighted by atomic mass is 35.5. The number of rotatable bonds is 5. The number of hydrogen-bond acceptors (Lipinski definition) is 4. The molecule has 1 aromatic carbocycles. The zero-order valence-corrected chi connectivity index (χ0v) is 15.7. The molecule has 0 bridgehead atoms. The molecule has 0 atom stereocenters. The van der Waals surface area contributed by atoms with Crippen molar-refractivity contribution in [2.45, 2.75) is 31.8 Å². The van der Waals surface area contributed by atoms with Gasteiger partial charge in [0.1, 0.15) is 5.82 Å². The standard InChI is InChI=1S/C19H23ClN6/c1-24-8-5-17(6-9-24)26-19(13-25-10-7-21-14-25)22-18(23-26)12-15-3-2-4-16(20)11-15/h2-4,7,10-11,14,17H,5-6,8-9,12-13H2,1H3. The van der Waals surface area contributed by atoms with Gasteiger partial charge in [0.15, 0.2) is 5.82 Å². The predicted octanol–water partition coefficient (Wildman–Crippen LogP) is 3.03. The van der Waals surface area contributed by atoms with E-state index in [4.69, 9.17) is 21.7 Å². The van der Waals surface area contributed by atoms with Crippen molar-refractivity contribution in [3.05, 3.63) is 65.2 Å². The van der Waals surface area contributed by atoms with Gasteiger partial charge in [0, 0.05) is 23.8 Å². The Morgan fingerprint density at radius 3 is 2.81 bits per heavy atom. The van der Waals surface area contributed by atoms with Gasteiger partial charge in [-0.3, -0.25) is 0 Å². The fourth-order valence-electron chi connectivity index (χ4n) is 3.49. The second-order valence-corrected chi connectivity index (χ2v) is 7.40. The molecule has 3 aromatic rings. The van der Waals surface area contributed by atoms with Crippen LogP contribution < -0.4 is 0 Å². The van der Waals surface area contributed by atoms with Crippen LogP contribution in [0.25, 0.3) is 0 Å². The van der Waals surface area contributed by atoms with Crippen LogP contribution in [0.3, 0.4) is 0 Å². The molecule has 0 aliphatic carbocycles. The first-order valence-electron chi connectivity index (χ1n) is 9.00. The molecule has 26 heavy (non-hydrogen) atoms. The summed E-state index contributed by atoms with van der Waals surface area (Å²) in [5.74, 6) is 1.84. The van der Waals surface area contributed by atoms with Crippen LogP contribution in [0.2, 0.25) is 5.02 Å². The zero-order chi connectivity index (χ0) is 17.9. The van der Waals surface area contributed by atoms with Crippen molar-refractivity contribution in [2.24, 2.45) is 0 Å². The Bertz CT molecular complexity index is 849. The number of aromatic nitrogens is 5. The summed E-state index contributed by atoms with van der Waals surface area (Å²) in [4.78, 5) is 11.4. The monoisotopic (exact) mass is 370 g/mol. The maximum atomic E-state index is 6.12. The Morgan fingerprint density at radius 2 is 2.08 bits per heavy atom. The van der Waals surface area contributed by atoms with Gasteiger partial charge in [-0.25, -0.2) is 14.6 Å². The van der Waals surface area contributed by atoms with Crippen molar-refractivity contribution in [2.75, 3.05) is 20.1 Å². The van der Waals surface area contributed by atoms with E-state index in [-0.39, 0.29) is 0 Å². The lowest BCUT2D eigenvalue weighted by Gasteiger charge is -2.29. The lowest BCUT2D eigenvalue weighted by molar-refractivity contribution is 0.208. The second-order valence-electron chi connectivity index (χ2n) is 6.96. The minimum Gasteiger partial charge on any atom is -0.330 e. The minimum atomic E-state index is 0.408. The summed E-state index contributed by atoms with van der Waals surface area (Å²) in [5.41, 5.74) is 1.13. The molecule has 0 spiro atoms. The van der Waals surface area contributed by atoms with Gasteiger partial charge >= 0.3 is 0 Å². The van der Waals surface area contributed by atoms with Gasteiger partial charge in [-0.15, -0.1) is 0 Å². The van der Waals surface area contributed by atoms with Crippen LogP contribution in [-0.2, 0) is 13.0 Å². The van der Waals surface area contributed by atoms with Gasteiger partial charge in [0.25, 0.3) is 0 Å². The summed E-state index contributed by atoms with van der Waals surface area (Å²) in [6.07, 6.45) is 8.48. The fraction of sp³-hybridized carbons (Fsp3) is 0.421. The number of imidazole rings is 1. The van der Waals surface area contributed by atoms with Crippen LogP contribution in [0.4, 0.5) is 0 Å². The summed E-state index contributed by atoms with van der Waals surface area (Å²) in [6.45, 7) is 2.88. The van der Waals surface area contributed by atoms with Crippen molar-refractivity contribution in [1.82, 2.24) is 29.2 Å². The van der Waals surface area contributed by atoms with Gasteiger partial charge in [-0.2, -0.15) is 5.10 Å². The maximum Gasteiger partial charge on any atom is 0.155 e. The normalized spacial score (nSPS) is 16.2. The van der Waals surface area contributed by atoms with Crippen molar-refractivity contribution >= 4 is 11.6 Å². The lowest BCUT2D eigenvalue weighted by Crippen LogP contribution is -2.32. The van der Waals surface area contributed by atoms with E-state index >= 15 is 0 Å². The van der Waals surface area contributed by atoms with E-state index in [9.17, 15) is 0 Å². The lowest BCUT2D eigenvalue weighted by atomic mass is 10.1. The molecule has 0 radical (unpaired) electrons. The van der Waals surface area contributed by atoms with Gasteiger partial charge < -0.3 is 9.47 Å². The summed E-state index contributed by atoms with van der Waals surface area (Å²) in [5, 5.41) is 5.62. The van der Waals surface area contributed by atoms with E-state index in [0.717, 1.165) is 48.2 Å². The average molecular weight is 371 g/mol. The van der Waals surface area contributed by atoms with Gasteiger partial charge in [-0.05, 0) is 50.7 Å². The summed E-state index contributed by atoms with van der Waals surface area (Å²) < 4.78 is 4.19. The summed E-state index contributed by atoms with van der Waals surface area (Å²) in [6, 6.07) is 8.31. The Labute approximate surface area is 158 Å². The van der Waals surface area contributed by atoms with E-state index in [2.05, 4.69) is 27.7 Å². The van der Waals surface area contributed by atoms with E-state index in [0.29, 0.717) is 19.0 Å². The third-order valence-corrected chi connectivity index (χ3v) is 5.15. The highest BCUT2D eigenvalue weighted by Crippen LogP contribution is 2.23. The molecule has 0 amide bonds. The zero-order valence-electron chi connectivity index (χ0n) is 14.9. The Hall–Kier alpha value is -2.18. The second kappa shape index (κ2) is 7.60. The molecule has 0 saturated carbocycles. The molecular formula is C19H23ClN6. The highest BCUT2D eigenvalue weighted by Gasteiger charge is 2.23. The molecular weight excluding hydrogens is 348 g/mol. The van der Waals surface area contributed by atoms with E-state index in [1.54, 1.807) is 6.20 Å². The Morgan fingerprint density at radius 1 is 1.23 bits per heavy atom. The van der Waals surface area contributed by atoms with Crippen LogP contribution in [0, 0.1) is 0 Å². The smallest absolute Gasteiger partial charge is 0.155 e. The fourth-order valence-corrected chi connectivity index (χ4v) is 3.71. The number of benzene rings is 1. The first kappa shape index (κ1) is 17.2. The van der Waals surface area contributed by atoms with Crippen LogP contribution in [-0.4, -0.2) is 49.4 Å². The molecule has 1 fully saturated rings. The van der Waals surface area contributed by atoms with Crippen LogP contribution >= 0.6 is 11.6 Å². The van der Waals surface area contributed by atoms with E-state index in [1.807, 2.05) is 35.3 Å². The highest BCUT2D eigenvalue weighted by molar-refractivity contribution is 6.30. The first-order chi connectivity index (χ1) is 12.7. The van der Waals surface area contributed by atoms with Gasteiger partial charge in [0.05, 0.1) is 18.9 Å². The topological polar surface area (TPSA) is 51.8 Å². The number of hydrogen-bond donors (Lipinski definition) is 0. The van der Waals surface area contributed by atoms with Crippen molar-refractivity contribution < 1.29 is 0 Å². The van der Waals surface area contributed by atoms with E-state index in [1.165, 1.54) is 0 Å². The predicted molar refractivity (Wildman–Crippen MR) is 101 cm³/mol. The van der Waals surface area contributed by atoms with Crippen molar-refractivity contribution in [3.63, 3.8) is 0 Å². The third kappa shape index (κ3) is 3.97. The van der Waals surface area contributed by atoms with Gasteiger partial charge in [0.2, 0.25) is 0 Å². The Balaban J connectivity index is 1.60. The molecule has 1 aliphatic heterocycles. The van der Waals surface area contributed by atoms with Crippen molar-refractivity contribution in [1.29, 1.82) is 0 Å². The van der Waals surface area contributed by atoms with Crippen LogP contribution in [0.5, 0.6) is 0 Å². The SMILES string of the molecule is CN1CCC(n2nc(Cc3cccc(Cl)c3)nc2Cn2ccnc2)CC1. The number of nitrogens with zero attached hydrogens (tertiary/aromatic N) is 6. The van der Waals surface area contributed by atoms with Crippen LogP contribution in [0.15, 0.2) is 43.0 Å². The molecule has 1 aliphatic rings. The largest absolute Gasteiger partial charge is 0.330 e. The summed E-state index contributed by atoms with van der Waals surface area (Å²) in [7, 11) is 2.18. The van der Waals surface area contributed by atoms with Gasteiger partial charge in [-0.1, -0.05) is 23.7 Å². The molecule has 136 valence electrons. The maximum absolute atomic E-state index is 6.12. The molecule has 2 aromatic heterocycles. The molecule has 0 N–H and O–H groups in total. The first-order valence-corrected chi connectivity index (χ1v) is 9.38. The average Bonchev–Trinajstić information content (AvgIpc) is 3.26. The number of piperidine rings is 1. The summed E-state index contributed by atoms with van der Waals surface area (Å²) >= 11 is 6.12. The van der Waals surface area contributed by atoms with Crippen molar-refractivity contribution in [3.8, 4) is 0 Å². The molecule has 0 unspecified atom stereocenters. The van der Waals surface area contributed by atoms with E-state index < -0.39 is 0 Å².